The normalized spacial score (nSPS) is 10.3. The Bertz CT molecular complexity index is 928. The van der Waals surface area contributed by atoms with Gasteiger partial charge in [0.25, 0.3) is 5.91 Å². The van der Waals surface area contributed by atoms with E-state index in [1.165, 1.54) is 11.3 Å². The highest BCUT2D eigenvalue weighted by Crippen LogP contribution is 2.34. The molecule has 0 aliphatic heterocycles. The standard InChI is InChI=1S/C19H17ClN2O4S/c1-24-14-7-8-15(17(9-14)25-2)16-11-27-19(21-16)22-18(23)10-26-13-5-3-12(20)4-6-13/h3-9,11H,10H2,1-2H3,(H,21,22,23). The van der Waals surface area contributed by atoms with E-state index < -0.39 is 0 Å². The van der Waals surface area contributed by atoms with Crippen molar-refractivity contribution in [3.05, 3.63) is 52.9 Å². The van der Waals surface area contributed by atoms with Gasteiger partial charge in [0, 0.05) is 22.0 Å². The summed E-state index contributed by atoms with van der Waals surface area (Å²) in [4.78, 5) is 16.5. The van der Waals surface area contributed by atoms with Gasteiger partial charge in [-0.25, -0.2) is 4.98 Å². The number of thiazole rings is 1. The van der Waals surface area contributed by atoms with E-state index in [4.69, 9.17) is 25.8 Å². The molecule has 140 valence electrons. The lowest BCUT2D eigenvalue weighted by atomic mass is 10.1. The number of methoxy groups -OCH3 is 2. The van der Waals surface area contributed by atoms with Gasteiger partial charge in [-0.2, -0.15) is 0 Å². The Morgan fingerprint density at radius 2 is 1.85 bits per heavy atom. The Morgan fingerprint density at radius 1 is 1.11 bits per heavy atom. The average Bonchev–Trinajstić information content (AvgIpc) is 3.15. The van der Waals surface area contributed by atoms with Crippen molar-refractivity contribution in [1.82, 2.24) is 4.98 Å². The lowest BCUT2D eigenvalue weighted by Crippen LogP contribution is -2.20. The second-order valence-electron chi connectivity index (χ2n) is 5.39. The van der Waals surface area contributed by atoms with Crippen LogP contribution in [0.4, 0.5) is 5.13 Å². The number of benzene rings is 2. The van der Waals surface area contributed by atoms with Gasteiger partial charge in [0.15, 0.2) is 11.7 Å². The summed E-state index contributed by atoms with van der Waals surface area (Å²) in [5.74, 6) is 1.60. The Balaban J connectivity index is 1.63. The van der Waals surface area contributed by atoms with Crippen LogP contribution < -0.4 is 19.5 Å². The molecule has 0 bridgehead atoms. The average molecular weight is 405 g/mol. The quantitative estimate of drug-likeness (QED) is 0.628. The van der Waals surface area contributed by atoms with E-state index in [-0.39, 0.29) is 12.5 Å². The number of halogens is 1. The zero-order valence-electron chi connectivity index (χ0n) is 14.7. The van der Waals surface area contributed by atoms with Crippen molar-refractivity contribution < 1.29 is 19.0 Å². The number of carbonyl (C=O) groups is 1. The summed E-state index contributed by atoms with van der Waals surface area (Å²) >= 11 is 7.14. The number of amides is 1. The van der Waals surface area contributed by atoms with E-state index in [2.05, 4.69) is 10.3 Å². The maximum atomic E-state index is 12.1. The molecule has 3 rings (SSSR count). The number of carbonyl (C=O) groups excluding carboxylic acids is 1. The summed E-state index contributed by atoms with van der Waals surface area (Å²) < 4.78 is 16.0. The van der Waals surface area contributed by atoms with Crippen molar-refractivity contribution in [3.8, 4) is 28.5 Å². The van der Waals surface area contributed by atoms with Crippen molar-refractivity contribution in [2.45, 2.75) is 0 Å². The third kappa shape index (κ3) is 4.90. The molecule has 1 heterocycles. The van der Waals surface area contributed by atoms with Gasteiger partial charge < -0.3 is 14.2 Å². The molecule has 1 aromatic heterocycles. The summed E-state index contributed by atoms with van der Waals surface area (Å²) in [7, 11) is 3.18. The van der Waals surface area contributed by atoms with Crippen molar-refractivity contribution >= 4 is 34.0 Å². The van der Waals surface area contributed by atoms with Gasteiger partial charge in [-0.1, -0.05) is 11.6 Å². The van der Waals surface area contributed by atoms with Crippen LogP contribution in [-0.2, 0) is 4.79 Å². The Labute approximate surface area is 165 Å². The van der Waals surface area contributed by atoms with Crippen molar-refractivity contribution in [2.24, 2.45) is 0 Å². The fourth-order valence-corrected chi connectivity index (χ4v) is 3.15. The topological polar surface area (TPSA) is 69.7 Å². The van der Waals surface area contributed by atoms with Crippen molar-refractivity contribution in [2.75, 3.05) is 26.1 Å². The first-order valence-electron chi connectivity index (χ1n) is 7.95. The fourth-order valence-electron chi connectivity index (χ4n) is 2.30. The molecule has 6 nitrogen and oxygen atoms in total. The van der Waals surface area contributed by atoms with Crippen LogP contribution in [0, 0.1) is 0 Å². The largest absolute Gasteiger partial charge is 0.497 e. The minimum atomic E-state index is -0.299. The molecule has 0 aliphatic rings. The Hall–Kier alpha value is -2.77. The Kier molecular flexibility index (Phi) is 6.16. The molecule has 1 N–H and O–H groups in total. The molecule has 0 unspecified atom stereocenters. The third-order valence-corrected chi connectivity index (χ3v) is 4.63. The van der Waals surface area contributed by atoms with Crippen LogP contribution >= 0.6 is 22.9 Å². The monoisotopic (exact) mass is 404 g/mol. The molecule has 2 aromatic carbocycles. The van der Waals surface area contributed by atoms with Gasteiger partial charge in [0.2, 0.25) is 0 Å². The number of hydrogen-bond donors (Lipinski definition) is 1. The van der Waals surface area contributed by atoms with E-state index in [0.717, 1.165) is 5.56 Å². The first-order chi connectivity index (χ1) is 13.1. The molecule has 0 aliphatic carbocycles. The lowest BCUT2D eigenvalue weighted by molar-refractivity contribution is -0.118. The molecule has 3 aromatic rings. The minimum absolute atomic E-state index is 0.123. The van der Waals surface area contributed by atoms with Crippen LogP contribution in [0.25, 0.3) is 11.3 Å². The van der Waals surface area contributed by atoms with E-state index in [0.29, 0.717) is 33.1 Å². The van der Waals surface area contributed by atoms with Gasteiger partial charge in [0.05, 0.1) is 19.9 Å². The van der Waals surface area contributed by atoms with Crippen LogP contribution in [0.5, 0.6) is 17.2 Å². The SMILES string of the molecule is COc1ccc(-c2csc(NC(=O)COc3ccc(Cl)cc3)n2)c(OC)c1. The van der Waals surface area contributed by atoms with Crippen LogP contribution in [-0.4, -0.2) is 31.7 Å². The van der Waals surface area contributed by atoms with Crippen molar-refractivity contribution in [3.63, 3.8) is 0 Å². The Morgan fingerprint density at radius 3 is 2.56 bits per heavy atom. The van der Waals surface area contributed by atoms with E-state index >= 15 is 0 Å². The molecule has 0 spiro atoms. The van der Waals surface area contributed by atoms with E-state index in [1.54, 1.807) is 44.6 Å². The summed E-state index contributed by atoms with van der Waals surface area (Å²) in [5, 5.41) is 5.66. The first-order valence-corrected chi connectivity index (χ1v) is 9.21. The molecule has 0 fully saturated rings. The molecule has 0 radical (unpaired) electrons. The van der Waals surface area contributed by atoms with Gasteiger partial charge in [0.1, 0.15) is 17.2 Å². The molecular weight excluding hydrogens is 388 g/mol. The maximum Gasteiger partial charge on any atom is 0.264 e. The highest BCUT2D eigenvalue weighted by molar-refractivity contribution is 7.14. The zero-order chi connectivity index (χ0) is 19.2. The molecule has 8 heteroatoms. The fraction of sp³-hybridized carbons (Fsp3) is 0.158. The van der Waals surface area contributed by atoms with Crippen LogP contribution in [0.2, 0.25) is 5.02 Å². The van der Waals surface area contributed by atoms with Crippen LogP contribution in [0.15, 0.2) is 47.8 Å². The molecule has 0 saturated carbocycles. The van der Waals surface area contributed by atoms with Gasteiger partial charge >= 0.3 is 0 Å². The second-order valence-corrected chi connectivity index (χ2v) is 6.69. The summed E-state index contributed by atoms with van der Waals surface area (Å²) in [6.07, 6.45) is 0. The number of ether oxygens (including phenoxy) is 3. The number of nitrogens with one attached hydrogen (secondary N) is 1. The highest BCUT2D eigenvalue weighted by atomic mass is 35.5. The summed E-state index contributed by atoms with van der Waals surface area (Å²) in [5.41, 5.74) is 1.51. The van der Waals surface area contributed by atoms with Crippen LogP contribution in [0.3, 0.4) is 0 Å². The number of rotatable bonds is 7. The predicted molar refractivity (Wildman–Crippen MR) is 106 cm³/mol. The van der Waals surface area contributed by atoms with E-state index in [9.17, 15) is 4.79 Å². The zero-order valence-corrected chi connectivity index (χ0v) is 16.3. The highest BCUT2D eigenvalue weighted by Gasteiger charge is 2.13. The third-order valence-electron chi connectivity index (χ3n) is 3.62. The molecule has 0 atom stereocenters. The van der Waals surface area contributed by atoms with Gasteiger partial charge in [-0.05, 0) is 36.4 Å². The van der Waals surface area contributed by atoms with E-state index in [1.807, 2.05) is 17.5 Å². The smallest absolute Gasteiger partial charge is 0.264 e. The van der Waals surface area contributed by atoms with Crippen LogP contribution in [0.1, 0.15) is 0 Å². The number of anilines is 1. The maximum absolute atomic E-state index is 12.1. The van der Waals surface area contributed by atoms with Crippen molar-refractivity contribution in [1.29, 1.82) is 0 Å². The molecule has 27 heavy (non-hydrogen) atoms. The second kappa shape index (κ2) is 8.75. The summed E-state index contributed by atoms with van der Waals surface area (Å²) in [6, 6.07) is 12.3. The lowest BCUT2D eigenvalue weighted by Gasteiger charge is -2.08. The molecular formula is C19H17ClN2O4S. The number of hydrogen-bond acceptors (Lipinski definition) is 6. The number of aromatic nitrogens is 1. The minimum Gasteiger partial charge on any atom is -0.497 e. The number of nitrogens with zero attached hydrogens (tertiary/aromatic N) is 1. The van der Waals surface area contributed by atoms with Gasteiger partial charge in [-0.3, -0.25) is 10.1 Å². The predicted octanol–water partition coefficient (Wildman–Crippen LogP) is 4.50. The molecule has 1 amide bonds. The summed E-state index contributed by atoms with van der Waals surface area (Å²) in [6.45, 7) is -0.123. The first kappa shape index (κ1) is 19.0. The van der Waals surface area contributed by atoms with Gasteiger partial charge in [-0.15, -0.1) is 11.3 Å². The molecule has 0 saturated heterocycles.